The number of hydrogen-bond acceptors (Lipinski definition) is 3. The van der Waals surface area contributed by atoms with Gasteiger partial charge in [-0.3, -0.25) is 0 Å². The Morgan fingerprint density at radius 2 is 1.19 bits per heavy atom. The SMILES string of the molecule is COC(=O)c1ccc(C[PH](c2ccccc2)(c2ccccc2)c2ccccc2)c(O)c1. The number of esters is 1. The van der Waals surface area contributed by atoms with Gasteiger partial charge in [-0.05, 0) is 0 Å². The number of carbonyl (C=O) groups excluding carboxylic acids is 1. The van der Waals surface area contributed by atoms with E-state index in [0.29, 0.717) is 11.7 Å². The molecular weight excluding hydrogens is 403 g/mol. The van der Waals surface area contributed by atoms with E-state index in [9.17, 15) is 9.90 Å². The van der Waals surface area contributed by atoms with Crippen molar-refractivity contribution < 1.29 is 14.6 Å². The van der Waals surface area contributed by atoms with Crippen LogP contribution in [0.3, 0.4) is 0 Å². The monoisotopic (exact) mass is 428 g/mol. The summed E-state index contributed by atoms with van der Waals surface area (Å²) in [5, 5.41) is 14.7. The van der Waals surface area contributed by atoms with Crippen molar-refractivity contribution in [2.75, 3.05) is 7.11 Å². The molecule has 0 atom stereocenters. The van der Waals surface area contributed by atoms with Crippen LogP contribution in [0.15, 0.2) is 109 Å². The molecular formula is C27H25O3P. The van der Waals surface area contributed by atoms with Gasteiger partial charge in [0, 0.05) is 0 Å². The molecule has 4 aromatic rings. The van der Waals surface area contributed by atoms with Crippen LogP contribution < -0.4 is 15.9 Å². The summed E-state index contributed by atoms with van der Waals surface area (Å²) in [5.74, 6) is -0.345. The normalized spacial score (nSPS) is 11.6. The quantitative estimate of drug-likeness (QED) is 0.366. The van der Waals surface area contributed by atoms with Gasteiger partial charge < -0.3 is 0 Å². The zero-order valence-electron chi connectivity index (χ0n) is 17.4. The average Bonchev–Trinajstić information content (AvgIpc) is 2.84. The molecule has 0 saturated heterocycles. The van der Waals surface area contributed by atoms with Crippen molar-refractivity contribution in [3.05, 3.63) is 120 Å². The molecule has 4 aromatic carbocycles. The van der Waals surface area contributed by atoms with Gasteiger partial charge in [-0.15, -0.1) is 0 Å². The molecule has 0 aliphatic carbocycles. The average molecular weight is 428 g/mol. The maximum absolute atomic E-state index is 11.9. The van der Waals surface area contributed by atoms with Gasteiger partial charge in [-0.2, -0.15) is 0 Å². The van der Waals surface area contributed by atoms with E-state index in [4.69, 9.17) is 4.74 Å². The van der Waals surface area contributed by atoms with Crippen molar-refractivity contribution in [2.45, 2.75) is 6.16 Å². The van der Waals surface area contributed by atoms with Crippen molar-refractivity contribution in [3.63, 3.8) is 0 Å². The predicted molar refractivity (Wildman–Crippen MR) is 130 cm³/mol. The van der Waals surface area contributed by atoms with Crippen LogP contribution in [-0.4, -0.2) is 18.2 Å². The fourth-order valence-corrected chi connectivity index (χ4v) is 8.99. The zero-order chi connectivity index (χ0) is 21.7. The summed E-state index contributed by atoms with van der Waals surface area (Å²) in [5.41, 5.74) is 1.16. The Morgan fingerprint density at radius 3 is 1.58 bits per heavy atom. The Morgan fingerprint density at radius 1 is 0.742 bits per heavy atom. The zero-order valence-corrected chi connectivity index (χ0v) is 18.4. The molecule has 4 heteroatoms. The Kier molecular flexibility index (Phi) is 6.16. The third-order valence-electron chi connectivity index (χ3n) is 5.76. The minimum absolute atomic E-state index is 0.113. The van der Waals surface area contributed by atoms with Crippen molar-refractivity contribution in [1.29, 1.82) is 0 Å². The number of aromatic hydroxyl groups is 1. The van der Waals surface area contributed by atoms with E-state index in [1.54, 1.807) is 6.07 Å². The van der Waals surface area contributed by atoms with Gasteiger partial charge in [-0.25, -0.2) is 0 Å². The number of carbonyl (C=O) groups is 1. The van der Waals surface area contributed by atoms with E-state index in [1.165, 1.54) is 29.1 Å². The summed E-state index contributed by atoms with van der Waals surface area (Å²) < 4.78 is 4.80. The second-order valence-corrected chi connectivity index (χ2v) is 11.4. The van der Waals surface area contributed by atoms with E-state index >= 15 is 0 Å². The third kappa shape index (κ3) is 4.10. The van der Waals surface area contributed by atoms with Crippen LogP contribution in [0.25, 0.3) is 0 Å². The first-order valence-electron chi connectivity index (χ1n) is 10.2. The van der Waals surface area contributed by atoms with Crippen molar-refractivity contribution in [2.24, 2.45) is 0 Å². The summed E-state index contributed by atoms with van der Waals surface area (Å²) in [6, 6.07) is 36.7. The van der Waals surface area contributed by atoms with Crippen LogP contribution in [-0.2, 0) is 10.9 Å². The van der Waals surface area contributed by atoms with E-state index < -0.39 is 13.2 Å². The molecule has 0 aliphatic rings. The van der Waals surface area contributed by atoms with Gasteiger partial charge in [0.2, 0.25) is 0 Å². The molecule has 0 amide bonds. The second kappa shape index (κ2) is 9.16. The summed E-state index contributed by atoms with van der Waals surface area (Å²) >= 11 is 0. The molecule has 156 valence electrons. The molecule has 0 spiro atoms. The third-order valence-corrected chi connectivity index (χ3v) is 10.6. The van der Waals surface area contributed by atoms with Gasteiger partial charge >= 0.3 is 183 Å². The fraction of sp³-hybridized carbons (Fsp3) is 0.0741. The van der Waals surface area contributed by atoms with Crippen LogP contribution in [0.5, 0.6) is 5.75 Å². The van der Waals surface area contributed by atoms with Crippen molar-refractivity contribution in [1.82, 2.24) is 0 Å². The van der Waals surface area contributed by atoms with Crippen molar-refractivity contribution >= 4 is 29.1 Å². The summed E-state index contributed by atoms with van der Waals surface area (Å²) in [4.78, 5) is 11.9. The first-order valence-corrected chi connectivity index (χ1v) is 12.4. The molecule has 3 nitrogen and oxygen atoms in total. The first-order chi connectivity index (χ1) is 15.1. The molecule has 0 unspecified atom stereocenters. The van der Waals surface area contributed by atoms with E-state index in [-0.39, 0.29) is 5.75 Å². The molecule has 0 heterocycles. The Hall–Kier alpha value is -3.42. The van der Waals surface area contributed by atoms with Crippen LogP contribution in [0.4, 0.5) is 0 Å². The molecule has 0 radical (unpaired) electrons. The van der Waals surface area contributed by atoms with Crippen LogP contribution >= 0.6 is 7.26 Å². The molecule has 1 N–H and O–H groups in total. The molecule has 4 rings (SSSR count). The van der Waals surface area contributed by atoms with Crippen LogP contribution in [0.1, 0.15) is 15.9 Å². The summed E-state index contributed by atoms with van der Waals surface area (Å²) in [6.07, 6.45) is 0.665. The second-order valence-electron chi connectivity index (χ2n) is 7.52. The van der Waals surface area contributed by atoms with E-state index in [0.717, 1.165) is 5.56 Å². The van der Waals surface area contributed by atoms with Crippen LogP contribution in [0.2, 0.25) is 0 Å². The molecule has 0 bridgehead atoms. The number of benzene rings is 4. The number of methoxy groups -OCH3 is 1. The predicted octanol–water partition coefficient (Wildman–Crippen LogP) is 4.41. The number of phenolic OH excluding ortho intramolecular Hbond substituents is 1. The van der Waals surface area contributed by atoms with E-state index in [2.05, 4.69) is 72.8 Å². The number of phenols is 1. The molecule has 0 aromatic heterocycles. The van der Waals surface area contributed by atoms with Crippen LogP contribution in [0, 0.1) is 0 Å². The molecule has 0 aliphatic heterocycles. The number of hydrogen-bond donors (Lipinski definition) is 1. The van der Waals surface area contributed by atoms with Gasteiger partial charge in [-0.1, -0.05) is 0 Å². The van der Waals surface area contributed by atoms with E-state index in [1.807, 2.05) is 24.3 Å². The van der Waals surface area contributed by atoms with Crippen molar-refractivity contribution in [3.8, 4) is 5.75 Å². The molecule has 31 heavy (non-hydrogen) atoms. The summed E-state index contributed by atoms with van der Waals surface area (Å²) in [7, 11) is -1.19. The first kappa shape index (κ1) is 20.8. The molecule has 0 fully saturated rings. The number of ether oxygens (including phenoxy) is 1. The summed E-state index contributed by atoms with van der Waals surface area (Å²) in [6.45, 7) is 0. The van der Waals surface area contributed by atoms with Gasteiger partial charge in [0.05, 0.1) is 0 Å². The Balaban J connectivity index is 1.94. The molecule has 0 saturated carbocycles. The standard InChI is InChI=1S/C27H25O3P/c1-30-27(29)21-17-18-22(26(28)19-21)20-31(23-11-5-2-6-12-23,24-13-7-3-8-14-24)25-15-9-4-10-16-25/h2-19,28,31H,20H2,1H3. The van der Waals surface area contributed by atoms with Gasteiger partial charge in [0.1, 0.15) is 0 Å². The van der Waals surface area contributed by atoms with Gasteiger partial charge in [0.25, 0.3) is 0 Å². The number of rotatable bonds is 6. The fourth-order valence-electron chi connectivity index (χ4n) is 4.22. The Labute approximate surface area is 183 Å². The maximum atomic E-state index is 11.9. The topological polar surface area (TPSA) is 46.5 Å². The minimum atomic E-state index is -2.53. The van der Waals surface area contributed by atoms with Gasteiger partial charge in [0.15, 0.2) is 0 Å². The Bertz CT molecular complexity index is 1060.